The van der Waals surface area contributed by atoms with Crippen molar-refractivity contribution >= 4 is 40.5 Å². The van der Waals surface area contributed by atoms with Gasteiger partial charge >= 0.3 is 5.97 Å². The predicted molar refractivity (Wildman–Crippen MR) is 79.4 cm³/mol. The van der Waals surface area contributed by atoms with E-state index in [-0.39, 0.29) is 21.3 Å². The molecule has 8 heteroatoms. The maximum Gasteiger partial charge on any atom is 0.367 e. The van der Waals surface area contributed by atoms with Crippen LogP contribution >= 0.6 is 22.9 Å². The van der Waals surface area contributed by atoms with Crippen molar-refractivity contribution in [2.24, 2.45) is 10.9 Å². The average molecular weight is 324 g/mol. The second kappa shape index (κ2) is 6.47. The van der Waals surface area contributed by atoms with Crippen molar-refractivity contribution in [3.8, 4) is 0 Å². The van der Waals surface area contributed by atoms with Crippen LogP contribution < -0.4 is 5.73 Å². The molecular formula is C13H10ClN3O3S. The Kier molecular flexibility index (Phi) is 4.66. The fraction of sp³-hybridized carbons (Fsp3) is 0.0769. The minimum Gasteiger partial charge on any atom is -0.364 e. The van der Waals surface area contributed by atoms with Gasteiger partial charge in [-0.25, -0.2) is 9.78 Å². The highest BCUT2D eigenvalue weighted by Crippen LogP contribution is 2.16. The number of hydrogen-bond acceptors (Lipinski definition) is 6. The molecule has 21 heavy (non-hydrogen) atoms. The van der Waals surface area contributed by atoms with Gasteiger partial charge in [0.05, 0.1) is 10.6 Å². The lowest BCUT2D eigenvalue weighted by Gasteiger charge is -2.01. The van der Waals surface area contributed by atoms with Crippen molar-refractivity contribution in [2.75, 3.05) is 0 Å². The largest absolute Gasteiger partial charge is 0.367 e. The number of amides is 1. The van der Waals surface area contributed by atoms with Crippen LogP contribution in [0.3, 0.4) is 0 Å². The number of aromatic nitrogens is 1. The number of carbonyl (C=O) groups is 2. The standard InChI is InChI=1S/C13H10ClN3O3S/c1-7-6-21-12(16-7)10(11(15)18)17-20-13(19)8-4-2-3-5-9(8)14/h2-6H,1H3,(H2,15,18)/b17-10+. The summed E-state index contributed by atoms with van der Waals surface area (Å²) in [5.74, 6) is -1.62. The minimum atomic E-state index is -0.837. The molecule has 1 heterocycles. The number of oxime groups is 1. The zero-order valence-electron chi connectivity index (χ0n) is 10.9. The molecule has 6 nitrogen and oxygen atoms in total. The van der Waals surface area contributed by atoms with Crippen LogP contribution in [0.4, 0.5) is 0 Å². The number of benzene rings is 1. The predicted octanol–water partition coefficient (Wildman–Crippen LogP) is 2.15. The number of aryl methyl sites for hydroxylation is 1. The third-order valence-electron chi connectivity index (χ3n) is 2.37. The molecule has 1 aromatic carbocycles. The Morgan fingerprint density at radius 2 is 2.10 bits per heavy atom. The van der Waals surface area contributed by atoms with E-state index in [4.69, 9.17) is 22.2 Å². The first-order chi connectivity index (χ1) is 9.99. The van der Waals surface area contributed by atoms with Gasteiger partial charge in [-0.2, -0.15) is 0 Å². The number of nitrogens with two attached hydrogens (primary N) is 1. The van der Waals surface area contributed by atoms with Gasteiger partial charge in [0.1, 0.15) is 0 Å². The maximum atomic E-state index is 11.8. The molecule has 1 aromatic heterocycles. The second-order valence-corrected chi connectivity index (χ2v) is 5.22. The van der Waals surface area contributed by atoms with Crippen molar-refractivity contribution in [2.45, 2.75) is 6.92 Å². The summed E-state index contributed by atoms with van der Waals surface area (Å²) in [6.45, 7) is 1.76. The number of carbonyl (C=O) groups excluding carboxylic acids is 2. The Bertz CT molecular complexity index is 727. The van der Waals surface area contributed by atoms with E-state index in [1.807, 2.05) is 0 Å². The Labute approximate surface area is 129 Å². The summed E-state index contributed by atoms with van der Waals surface area (Å²) in [6.07, 6.45) is 0. The van der Waals surface area contributed by atoms with Gasteiger partial charge in [0.25, 0.3) is 5.91 Å². The van der Waals surface area contributed by atoms with Gasteiger partial charge in [-0.3, -0.25) is 4.79 Å². The first kappa shape index (κ1) is 15.1. The van der Waals surface area contributed by atoms with Gasteiger partial charge in [-0.05, 0) is 19.1 Å². The van der Waals surface area contributed by atoms with Crippen LogP contribution in [0.2, 0.25) is 5.02 Å². The average Bonchev–Trinajstić information content (AvgIpc) is 2.85. The summed E-state index contributed by atoms with van der Waals surface area (Å²) in [5.41, 5.74) is 5.85. The Balaban J connectivity index is 2.23. The van der Waals surface area contributed by atoms with Gasteiger partial charge in [0.15, 0.2) is 5.01 Å². The molecule has 0 saturated heterocycles. The first-order valence-corrected chi connectivity index (χ1v) is 7.01. The SMILES string of the molecule is Cc1csc(/C(=N/OC(=O)c2ccccc2Cl)C(N)=O)n1. The number of halogens is 1. The summed E-state index contributed by atoms with van der Waals surface area (Å²) < 4.78 is 0. The van der Waals surface area contributed by atoms with E-state index in [0.29, 0.717) is 5.69 Å². The molecule has 0 saturated carbocycles. The van der Waals surface area contributed by atoms with Gasteiger partial charge in [0.2, 0.25) is 5.71 Å². The lowest BCUT2D eigenvalue weighted by Crippen LogP contribution is -2.25. The first-order valence-electron chi connectivity index (χ1n) is 5.75. The zero-order chi connectivity index (χ0) is 15.4. The highest BCUT2D eigenvalue weighted by molar-refractivity contribution is 7.12. The second-order valence-electron chi connectivity index (χ2n) is 3.96. The topological polar surface area (TPSA) is 94.6 Å². The molecule has 2 rings (SSSR count). The third kappa shape index (κ3) is 3.65. The van der Waals surface area contributed by atoms with Gasteiger partial charge in [-0.15, -0.1) is 11.3 Å². The molecule has 0 atom stereocenters. The molecule has 0 aliphatic carbocycles. The van der Waals surface area contributed by atoms with Crippen LogP contribution in [-0.4, -0.2) is 22.6 Å². The number of thiazole rings is 1. The molecule has 0 spiro atoms. The summed E-state index contributed by atoms with van der Waals surface area (Å²) in [5, 5.41) is 5.74. The number of rotatable bonds is 4. The summed E-state index contributed by atoms with van der Waals surface area (Å²) in [7, 11) is 0. The van der Waals surface area contributed by atoms with E-state index in [0.717, 1.165) is 0 Å². The molecular weight excluding hydrogens is 314 g/mol. The molecule has 0 aliphatic rings. The van der Waals surface area contributed by atoms with Crippen LogP contribution in [0.15, 0.2) is 34.8 Å². The molecule has 0 radical (unpaired) electrons. The van der Waals surface area contributed by atoms with E-state index < -0.39 is 11.9 Å². The van der Waals surface area contributed by atoms with E-state index in [2.05, 4.69) is 10.1 Å². The van der Waals surface area contributed by atoms with E-state index >= 15 is 0 Å². The monoisotopic (exact) mass is 323 g/mol. The van der Waals surface area contributed by atoms with E-state index in [1.165, 1.54) is 17.4 Å². The molecule has 0 fully saturated rings. The zero-order valence-corrected chi connectivity index (χ0v) is 12.4. The molecule has 0 aliphatic heterocycles. The molecule has 2 N–H and O–H groups in total. The fourth-order valence-electron chi connectivity index (χ4n) is 1.42. The molecule has 108 valence electrons. The highest BCUT2D eigenvalue weighted by Gasteiger charge is 2.17. The number of hydrogen-bond donors (Lipinski definition) is 1. The van der Waals surface area contributed by atoms with Crippen molar-refractivity contribution in [1.29, 1.82) is 0 Å². The van der Waals surface area contributed by atoms with Gasteiger partial charge < -0.3 is 10.6 Å². The normalized spacial score (nSPS) is 11.2. The van der Waals surface area contributed by atoms with Crippen molar-refractivity contribution in [3.63, 3.8) is 0 Å². The minimum absolute atomic E-state index is 0.141. The summed E-state index contributed by atoms with van der Waals surface area (Å²) >= 11 is 7.04. The Morgan fingerprint density at radius 3 is 2.67 bits per heavy atom. The fourth-order valence-corrected chi connectivity index (χ4v) is 2.41. The number of primary amides is 1. The van der Waals surface area contributed by atoms with Crippen molar-refractivity contribution < 1.29 is 14.4 Å². The molecule has 0 unspecified atom stereocenters. The quantitative estimate of drug-likeness (QED) is 0.530. The highest BCUT2D eigenvalue weighted by atomic mass is 35.5. The lowest BCUT2D eigenvalue weighted by atomic mass is 10.2. The van der Waals surface area contributed by atoms with Crippen LogP contribution in [0, 0.1) is 6.92 Å². The summed E-state index contributed by atoms with van der Waals surface area (Å²) in [4.78, 5) is 32.0. The van der Waals surface area contributed by atoms with Crippen molar-refractivity contribution in [3.05, 3.63) is 50.9 Å². The van der Waals surface area contributed by atoms with Crippen LogP contribution in [0.5, 0.6) is 0 Å². The maximum absolute atomic E-state index is 11.8. The van der Waals surface area contributed by atoms with Crippen LogP contribution in [-0.2, 0) is 9.63 Å². The molecule has 2 aromatic rings. The smallest absolute Gasteiger partial charge is 0.364 e. The van der Waals surface area contributed by atoms with Gasteiger partial charge in [0, 0.05) is 11.1 Å². The Morgan fingerprint density at radius 1 is 1.38 bits per heavy atom. The lowest BCUT2D eigenvalue weighted by molar-refractivity contribution is -0.112. The van der Waals surface area contributed by atoms with Crippen LogP contribution in [0.1, 0.15) is 21.1 Å². The Hall–Kier alpha value is -2.25. The summed E-state index contributed by atoms with van der Waals surface area (Å²) in [6, 6.07) is 6.33. The molecule has 0 bridgehead atoms. The number of nitrogens with zero attached hydrogens (tertiary/aromatic N) is 2. The van der Waals surface area contributed by atoms with Gasteiger partial charge in [-0.1, -0.05) is 28.9 Å². The van der Waals surface area contributed by atoms with Crippen LogP contribution in [0.25, 0.3) is 0 Å². The van der Waals surface area contributed by atoms with E-state index in [9.17, 15) is 9.59 Å². The van der Waals surface area contributed by atoms with E-state index in [1.54, 1.807) is 30.5 Å². The third-order valence-corrected chi connectivity index (χ3v) is 3.67. The van der Waals surface area contributed by atoms with Crippen molar-refractivity contribution in [1.82, 2.24) is 4.98 Å². The molecule has 1 amide bonds.